The van der Waals surface area contributed by atoms with Gasteiger partial charge < -0.3 is 4.74 Å². The Kier molecular flexibility index (Phi) is 5.69. The van der Waals surface area contributed by atoms with Crippen LogP contribution in [-0.4, -0.2) is 12.4 Å². The highest BCUT2D eigenvalue weighted by Gasteiger charge is 2.28. The first-order chi connectivity index (χ1) is 10.1. The number of carbonyl (C=O) groups is 1. The largest absolute Gasteiger partial charge is 0.493 e. The zero-order chi connectivity index (χ0) is 15.4. The van der Waals surface area contributed by atoms with E-state index in [1.54, 1.807) is 0 Å². The molecular formula is C18H25ClO2. The standard InChI is InChI=1S/C18H25ClO2/c1-4-10-21-18-12(2)11-15(19)13(3)16(18)17(20)14-8-6-5-7-9-14/h11,14H,4-10H2,1-3H3. The second-order valence-corrected chi connectivity index (χ2v) is 6.46. The normalized spacial score (nSPS) is 16.0. The summed E-state index contributed by atoms with van der Waals surface area (Å²) in [6.45, 7) is 6.60. The number of hydrogen-bond donors (Lipinski definition) is 0. The first kappa shape index (κ1) is 16.4. The minimum Gasteiger partial charge on any atom is -0.493 e. The van der Waals surface area contributed by atoms with Crippen molar-refractivity contribution < 1.29 is 9.53 Å². The van der Waals surface area contributed by atoms with Gasteiger partial charge in [0.2, 0.25) is 0 Å². The van der Waals surface area contributed by atoms with Crippen LogP contribution in [0.25, 0.3) is 0 Å². The van der Waals surface area contributed by atoms with Gasteiger partial charge in [0.1, 0.15) is 5.75 Å². The molecule has 1 aliphatic carbocycles. The molecule has 0 heterocycles. The summed E-state index contributed by atoms with van der Waals surface area (Å²) in [6.07, 6.45) is 6.48. The lowest BCUT2D eigenvalue weighted by atomic mass is 9.82. The van der Waals surface area contributed by atoms with E-state index in [1.165, 1.54) is 6.42 Å². The summed E-state index contributed by atoms with van der Waals surface area (Å²) in [6, 6.07) is 1.90. The lowest BCUT2D eigenvalue weighted by Gasteiger charge is -2.24. The van der Waals surface area contributed by atoms with Gasteiger partial charge in [-0.2, -0.15) is 0 Å². The maximum Gasteiger partial charge on any atom is 0.169 e. The summed E-state index contributed by atoms with van der Waals surface area (Å²) >= 11 is 6.30. The lowest BCUT2D eigenvalue weighted by molar-refractivity contribution is 0.0884. The zero-order valence-electron chi connectivity index (χ0n) is 13.3. The van der Waals surface area contributed by atoms with E-state index in [4.69, 9.17) is 16.3 Å². The topological polar surface area (TPSA) is 26.3 Å². The van der Waals surface area contributed by atoms with Gasteiger partial charge in [0.25, 0.3) is 0 Å². The molecule has 0 aromatic heterocycles. The molecule has 1 aliphatic rings. The molecule has 0 N–H and O–H groups in total. The van der Waals surface area contributed by atoms with Crippen LogP contribution in [0.1, 0.15) is 66.9 Å². The van der Waals surface area contributed by atoms with Crippen molar-refractivity contribution in [2.24, 2.45) is 5.92 Å². The van der Waals surface area contributed by atoms with E-state index < -0.39 is 0 Å². The van der Waals surface area contributed by atoms with Gasteiger partial charge in [-0.1, -0.05) is 37.8 Å². The third kappa shape index (κ3) is 3.60. The molecule has 0 radical (unpaired) electrons. The SMILES string of the molecule is CCCOc1c(C)cc(Cl)c(C)c1C(=O)C1CCCCC1. The van der Waals surface area contributed by atoms with Crippen molar-refractivity contribution in [1.82, 2.24) is 0 Å². The van der Waals surface area contributed by atoms with E-state index in [9.17, 15) is 4.79 Å². The Morgan fingerprint density at radius 3 is 2.57 bits per heavy atom. The molecule has 1 aromatic rings. The molecule has 2 nitrogen and oxygen atoms in total. The number of carbonyl (C=O) groups excluding carboxylic acids is 1. The molecule has 1 fully saturated rings. The fraction of sp³-hybridized carbons (Fsp3) is 0.611. The quantitative estimate of drug-likeness (QED) is 0.670. The summed E-state index contributed by atoms with van der Waals surface area (Å²) in [7, 11) is 0. The number of hydrogen-bond acceptors (Lipinski definition) is 2. The van der Waals surface area contributed by atoms with Gasteiger partial charge in [-0.25, -0.2) is 0 Å². The summed E-state index contributed by atoms with van der Waals surface area (Å²) in [5, 5.41) is 0.663. The molecule has 1 aromatic carbocycles. The van der Waals surface area contributed by atoms with Gasteiger partial charge in [0.05, 0.1) is 12.2 Å². The van der Waals surface area contributed by atoms with Crippen molar-refractivity contribution >= 4 is 17.4 Å². The second kappa shape index (κ2) is 7.31. The highest BCUT2D eigenvalue weighted by molar-refractivity contribution is 6.32. The van der Waals surface area contributed by atoms with Crippen LogP contribution in [0.4, 0.5) is 0 Å². The average Bonchev–Trinajstić information content (AvgIpc) is 2.49. The summed E-state index contributed by atoms with van der Waals surface area (Å²) in [5.74, 6) is 1.11. The average molecular weight is 309 g/mol. The van der Waals surface area contributed by atoms with E-state index in [0.717, 1.165) is 54.5 Å². The maximum atomic E-state index is 13.0. The van der Waals surface area contributed by atoms with Crippen LogP contribution in [0.15, 0.2) is 6.07 Å². The Hall–Kier alpha value is -1.02. The number of ketones is 1. The number of ether oxygens (including phenoxy) is 1. The number of halogens is 1. The van der Waals surface area contributed by atoms with E-state index in [-0.39, 0.29) is 11.7 Å². The summed E-state index contributed by atoms with van der Waals surface area (Å²) < 4.78 is 5.89. The van der Waals surface area contributed by atoms with Crippen LogP contribution in [0.5, 0.6) is 5.75 Å². The van der Waals surface area contributed by atoms with Crippen molar-refractivity contribution in [3.05, 3.63) is 27.8 Å². The van der Waals surface area contributed by atoms with Gasteiger partial charge in [-0.3, -0.25) is 4.79 Å². The van der Waals surface area contributed by atoms with Gasteiger partial charge in [-0.15, -0.1) is 0 Å². The van der Waals surface area contributed by atoms with Crippen LogP contribution in [0, 0.1) is 19.8 Å². The highest BCUT2D eigenvalue weighted by Crippen LogP contribution is 2.37. The Bertz CT molecular complexity index is 516. The van der Waals surface area contributed by atoms with Crippen molar-refractivity contribution in [3.63, 3.8) is 0 Å². The predicted molar refractivity (Wildman–Crippen MR) is 87.6 cm³/mol. The number of rotatable bonds is 5. The van der Waals surface area contributed by atoms with Crippen LogP contribution < -0.4 is 4.74 Å². The third-order valence-electron chi connectivity index (χ3n) is 4.33. The van der Waals surface area contributed by atoms with Crippen molar-refractivity contribution in [2.45, 2.75) is 59.3 Å². The van der Waals surface area contributed by atoms with E-state index in [1.807, 2.05) is 19.9 Å². The minimum absolute atomic E-state index is 0.138. The monoisotopic (exact) mass is 308 g/mol. The van der Waals surface area contributed by atoms with Crippen molar-refractivity contribution in [1.29, 1.82) is 0 Å². The van der Waals surface area contributed by atoms with Gasteiger partial charge in [0.15, 0.2) is 5.78 Å². The fourth-order valence-electron chi connectivity index (χ4n) is 3.11. The summed E-state index contributed by atoms with van der Waals surface area (Å²) in [4.78, 5) is 13.0. The van der Waals surface area contributed by atoms with E-state index >= 15 is 0 Å². The Morgan fingerprint density at radius 2 is 1.95 bits per heavy atom. The predicted octanol–water partition coefficient (Wildman–Crippen LogP) is 5.51. The molecule has 3 heteroatoms. The fourth-order valence-corrected chi connectivity index (χ4v) is 3.36. The molecule has 116 valence electrons. The molecule has 0 saturated heterocycles. The Balaban J connectivity index is 2.41. The molecule has 0 atom stereocenters. The minimum atomic E-state index is 0.138. The molecular weight excluding hydrogens is 284 g/mol. The van der Waals surface area contributed by atoms with Crippen LogP contribution in [0.3, 0.4) is 0 Å². The summed E-state index contributed by atoms with van der Waals surface area (Å²) in [5.41, 5.74) is 2.54. The maximum absolute atomic E-state index is 13.0. The van der Waals surface area contributed by atoms with Crippen LogP contribution >= 0.6 is 11.6 Å². The first-order valence-corrected chi connectivity index (χ1v) is 8.40. The zero-order valence-corrected chi connectivity index (χ0v) is 14.1. The highest BCUT2D eigenvalue weighted by atomic mass is 35.5. The Morgan fingerprint density at radius 1 is 1.29 bits per heavy atom. The van der Waals surface area contributed by atoms with Crippen LogP contribution in [0.2, 0.25) is 5.02 Å². The molecule has 21 heavy (non-hydrogen) atoms. The number of Topliss-reactive ketones (excluding diaryl/α,β-unsaturated/α-hetero) is 1. The molecule has 0 amide bonds. The van der Waals surface area contributed by atoms with Crippen molar-refractivity contribution in [2.75, 3.05) is 6.61 Å². The molecule has 0 unspecified atom stereocenters. The van der Waals surface area contributed by atoms with Gasteiger partial charge in [-0.05, 0) is 50.3 Å². The van der Waals surface area contributed by atoms with Crippen LogP contribution in [-0.2, 0) is 0 Å². The van der Waals surface area contributed by atoms with Crippen molar-refractivity contribution in [3.8, 4) is 5.75 Å². The first-order valence-electron chi connectivity index (χ1n) is 8.03. The van der Waals surface area contributed by atoms with E-state index in [2.05, 4.69) is 6.92 Å². The Labute approximate surface area is 132 Å². The molecule has 0 spiro atoms. The number of benzene rings is 1. The van der Waals surface area contributed by atoms with Gasteiger partial charge >= 0.3 is 0 Å². The second-order valence-electron chi connectivity index (χ2n) is 6.05. The van der Waals surface area contributed by atoms with Gasteiger partial charge in [0, 0.05) is 10.9 Å². The molecule has 0 aliphatic heterocycles. The third-order valence-corrected chi connectivity index (χ3v) is 4.73. The van der Waals surface area contributed by atoms with E-state index in [0.29, 0.717) is 11.6 Å². The number of aryl methyl sites for hydroxylation is 1. The smallest absolute Gasteiger partial charge is 0.169 e. The molecule has 2 rings (SSSR count). The molecule has 0 bridgehead atoms. The lowest BCUT2D eigenvalue weighted by Crippen LogP contribution is -2.20. The molecule has 1 saturated carbocycles.